The number of thiophene rings is 1. The summed E-state index contributed by atoms with van der Waals surface area (Å²) in [6.07, 6.45) is 0. The highest BCUT2D eigenvalue weighted by Crippen LogP contribution is 2.34. The highest BCUT2D eigenvalue weighted by molar-refractivity contribution is 7.17. The third kappa shape index (κ3) is 1.81. The van der Waals surface area contributed by atoms with Gasteiger partial charge in [-0.15, -0.1) is 11.3 Å². The fourth-order valence-electron chi connectivity index (χ4n) is 1.66. The third-order valence-corrected chi connectivity index (χ3v) is 4.07. The molecule has 0 atom stereocenters. The van der Waals surface area contributed by atoms with Crippen LogP contribution in [0.2, 0.25) is 0 Å². The van der Waals surface area contributed by atoms with E-state index in [1.807, 2.05) is 20.9 Å². The van der Waals surface area contributed by atoms with Crippen LogP contribution in [-0.4, -0.2) is 24.3 Å². The number of hydrogen-bond acceptors (Lipinski definition) is 3. The van der Waals surface area contributed by atoms with E-state index in [2.05, 4.69) is 34.5 Å². The number of fused-ring (bicyclic) bond motifs is 1. The van der Waals surface area contributed by atoms with Crippen molar-refractivity contribution < 1.29 is 5.11 Å². The zero-order valence-corrected chi connectivity index (χ0v) is 10.7. The van der Waals surface area contributed by atoms with Crippen LogP contribution in [0, 0.1) is 0 Å². The predicted octanol–water partition coefficient (Wildman–Crippen LogP) is 3.11. The van der Waals surface area contributed by atoms with E-state index in [-0.39, 0.29) is 12.1 Å². The first-order chi connectivity index (χ1) is 7.56. The van der Waals surface area contributed by atoms with Gasteiger partial charge in [-0.25, -0.2) is 0 Å². The number of likely N-dealkylation sites (N-methyl/N-ethyl adjacent to an activating group) is 1. The molecule has 0 saturated heterocycles. The maximum absolute atomic E-state index is 9.40. The van der Waals surface area contributed by atoms with Crippen molar-refractivity contribution in [2.45, 2.75) is 19.4 Å². The summed E-state index contributed by atoms with van der Waals surface area (Å²) < 4.78 is 1.29. The average Bonchev–Trinajstić information content (AvgIpc) is 2.71. The van der Waals surface area contributed by atoms with Gasteiger partial charge in [0, 0.05) is 22.5 Å². The second kappa shape index (κ2) is 4.07. The lowest BCUT2D eigenvalue weighted by atomic mass is 10.0. The molecule has 1 heterocycles. The minimum absolute atomic E-state index is 0.147. The van der Waals surface area contributed by atoms with Crippen molar-refractivity contribution in [3.8, 4) is 0 Å². The lowest BCUT2D eigenvalue weighted by Gasteiger charge is -2.35. The highest BCUT2D eigenvalue weighted by atomic mass is 32.1. The number of nitrogens with zero attached hydrogens (tertiary/aromatic N) is 1. The smallest absolute Gasteiger partial charge is 0.0658 e. The first kappa shape index (κ1) is 11.4. The van der Waals surface area contributed by atoms with E-state index in [1.165, 1.54) is 15.8 Å². The van der Waals surface area contributed by atoms with Gasteiger partial charge < -0.3 is 10.0 Å². The van der Waals surface area contributed by atoms with Crippen molar-refractivity contribution >= 4 is 27.1 Å². The van der Waals surface area contributed by atoms with Crippen LogP contribution in [-0.2, 0) is 0 Å². The van der Waals surface area contributed by atoms with Crippen LogP contribution in [0.5, 0.6) is 0 Å². The maximum atomic E-state index is 9.40. The summed E-state index contributed by atoms with van der Waals surface area (Å²) in [5, 5.41) is 12.8. The normalized spacial score (nSPS) is 12.0. The molecule has 0 aliphatic rings. The van der Waals surface area contributed by atoms with Gasteiger partial charge in [0.05, 0.1) is 17.8 Å². The number of rotatable bonds is 3. The average molecular weight is 235 g/mol. The number of hydrogen-bond donors (Lipinski definition) is 1. The minimum Gasteiger partial charge on any atom is -0.394 e. The molecule has 0 bridgehead atoms. The van der Waals surface area contributed by atoms with Crippen molar-refractivity contribution in [1.29, 1.82) is 0 Å². The summed E-state index contributed by atoms with van der Waals surface area (Å²) in [6.45, 7) is 4.23. The van der Waals surface area contributed by atoms with Crippen molar-refractivity contribution in [2.75, 3.05) is 18.6 Å². The molecule has 0 amide bonds. The Morgan fingerprint density at radius 3 is 2.69 bits per heavy atom. The molecule has 2 nitrogen and oxygen atoms in total. The molecule has 0 aliphatic heterocycles. The van der Waals surface area contributed by atoms with E-state index in [0.29, 0.717) is 0 Å². The van der Waals surface area contributed by atoms with E-state index in [9.17, 15) is 5.11 Å². The number of aliphatic hydroxyl groups excluding tert-OH is 1. The van der Waals surface area contributed by atoms with Crippen molar-refractivity contribution in [1.82, 2.24) is 0 Å². The van der Waals surface area contributed by atoms with Gasteiger partial charge in [0.15, 0.2) is 0 Å². The molecule has 0 radical (unpaired) electrons. The van der Waals surface area contributed by atoms with Gasteiger partial charge in [0.1, 0.15) is 0 Å². The molecular formula is C13H17NOS. The summed E-state index contributed by atoms with van der Waals surface area (Å²) in [7, 11) is 2.03. The fraction of sp³-hybridized carbons (Fsp3) is 0.385. The first-order valence-electron chi connectivity index (χ1n) is 5.37. The topological polar surface area (TPSA) is 23.5 Å². The van der Waals surface area contributed by atoms with Crippen LogP contribution < -0.4 is 4.90 Å². The lowest BCUT2D eigenvalue weighted by Crippen LogP contribution is -2.44. The first-order valence-corrected chi connectivity index (χ1v) is 6.25. The van der Waals surface area contributed by atoms with E-state index in [4.69, 9.17) is 0 Å². The summed E-state index contributed by atoms with van der Waals surface area (Å²) in [4.78, 5) is 2.14. The summed E-state index contributed by atoms with van der Waals surface area (Å²) in [5.41, 5.74) is 0.962. The number of aliphatic hydroxyl groups is 1. The maximum Gasteiger partial charge on any atom is 0.0658 e. The highest BCUT2D eigenvalue weighted by Gasteiger charge is 2.24. The summed E-state index contributed by atoms with van der Waals surface area (Å²) in [6, 6.07) is 8.37. The van der Waals surface area contributed by atoms with Gasteiger partial charge in [0.2, 0.25) is 0 Å². The standard InChI is InChI=1S/C13H17NOS/c1-13(2,9-15)14(3)11-8-16-12-7-5-4-6-10(11)12/h4-8,15H,9H2,1-3H3. The second-order valence-electron chi connectivity index (χ2n) is 4.65. The van der Waals surface area contributed by atoms with Gasteiger partial charge in [-0.05, 0) is 19.9 Å². The van der Waals surface area contributed by atoms with Crippen LogP contribution in [0.25, 0.3) is 10.1 Å². The molecule has 3 heteroatoms. The van der Waals surface area contributed by atoms with Crippen LogP contribution in [0.15, 0.2) is 29.6 Å². The van der Waals surface area contributed by atoms with Crippen LogP contribution >= 0.6 is 11.3 Å². The predicted molar refractivity (Wildman–Crippen MR) is 71.4 cm³/mol. The summed E-state index contributed by atoms with van der Waals surface area (Å²) in [5.74, 6) is 0. The fourth-order valence-corrected chi connectivity index (χ4v) is 2.64. The Labute approximate surface area is 100 Å². The van der Waals surface area contributed by atoms with E-state index >= 15 is 0 Å². The molecule has 0 fully saturated rings. The van der Waals surface area contributed by atoms with Crippen molar-refractivity contribution in [3.63, 3.8) is 0 Å². The monoisotopic (exact) mass is 235 g/mol. The Kier molecular flexibility index (Phi) is 2.91. The minimum atomic E-state index is -0.232. The van der Waals surface area contributed by atoms with E-state index in [0.717, 1.165) is 0 Å². The second-order valence-corrected chi connectivity index (χ2v) is 5.56. The Balaban J connectivity index is 2.48. The molecule has 1 aromatic heterocycles. The van der Waals surface area contributed by atoms with Gasteiger partial charge in [-0.2, -0.15) is 0 Å². The molecule has 0 aliphatic carbocycles. The van der Waals surface area contributed by atoms with Crippen LogP contribution in [0.4, 0.5) is 5.69 Å². The van der Waals surface area contributed by atoms with E-state index in [1.54, 1.807) is 11.3 Å². The Morgan fingerprint density at radius 1 is 1.31 bits per heavy atom. The van der Waals surface area contributed by atoms with Gasteiger partial charge in [0.25, 0.3) is 0 Å². The van der Waals surface area contributed by atoms with E-state index < -0.39 is 0 Å². The number of benzene rings is 1. The molecule has 1 aromatic carbocycles. The van der Waals surface area contributed by atoms with Crippen LogP contribution in [0.1, 0.15) is 13.8 Å². The molecule has 2 rings (SSSR count). The third-order valence-electron chi connectivity index (χ3n) is 3.12. The Hall–Kier alpha value is -1.06. The Morgan fingerprint density at radius 2 is 2.00 bits per heavy atom. The molecule has 0 unspecified atom stereocenters. The van der Waals surface area contributed by atoms with Gasteiger partial charge in [-0.1, -0.05) is 18.2 Å². The van der Waals surface area contributed by atoms with Crippen LogP contribution in [0.3, 0.4) is 0 Å². The number of anilines is 1. The molecule has 2 aromatic rings. The lowest BCUT2D eigenvalue weighted by molar-refractivity contribution is 0.216. The SMILES string of the molecule is CN(c1csc2ccccc12)C(C)(C)CO. The van der Waals surface area contributed by atoms with Gasteiger partial charge >= 0.3 is 0 Å². The largest absolute Gasteiger partial charge is 0.394 e. The molecule has 16 heavy (non-hydrogen) atoms. The Bertz CT molecular complexity index is 489. The molecule has 0 spiro atoms. The quantitative estimate of drug-likeness (QED) is 0.883. The molecular weight excluding hydrogens is 218 g/mol. The van der Waals surface area contributed by atoms with Gasteiger partial charge in [-0.3, -0.25) is 0 Å². The zero-order valence-electron chi connectivity index (χ0n) is 9.90. The van der Waals surface area contributed by atoms with Crippen molar-refractivity contribution in [3.05, 3.63) is 29.6 Å². The molecule has 1 N–H and O–H groups in total. The molecule has 86 valence electrons. The molecule has 0 saturated carbocycles. The summed E-state index contributed by atoms with van der Waals surface area (Å²) >= 11 is 1.75. The zero-order chi connectivity index (χ0) is 11.8. The van der Waals surface area contributed by atoms with Crippen molar-refractivity contribution in [2.24, 2.45) is 0 Å².